The molecule has 0 heterocycles. The van der Waals surface area contributed by atoms with E-state index in [9.17, 15) is 0 Å². The van der Waals surface area contributed by atoms with Gasteiger partial charge in [0, 0.05) is 5.69 Å². The van der Waals surface area contributed by atoms with E-state index in [2.05, 4.69) is 35.5 Å². The second kappa shape index (κ2) is 9.13. The van der Waals surface area contributed by atoms with Crippen LogP contribution in [0.4, 0.5) is 5.69 Å². The molecule has 0 radical (unpaired) electrons. The molecule has 1 aromatic rings. The summed E-state index contributed by atoms with van der Waals surface area (Å²) in [5, 5.41) is 18.1. The van der Waals surface area contributed by atoms with Crippen molar-refractivity contribution < 1.29 is 10.2 Å². The van der Waals surface area contributed by atoms with Crippen LogP contribution in [0.1, 0.15) is 0 Å². The smallest absolute Gasteiger partial charge is 0.258 e. The summed E-state index contributed by atoms with van der Waals surface area (Å²) in [6, 6.07) is 9.26. The molecule has 0 saturated carbocycles. The number of thiocarbonyl (C=S) groups is 2. The lowest BCUT2D eigenvalue weighted by molar-refractivity contribution is 0.560. The van der Waals surface area contributed by atoms with Gasteiger partial charge in [0.25, 0.3) is 10.3 Å². The maximum atomic E-state index is 8.63. The number of aliphatic hydroxyl groups is 2. The van der Waals surface area contributed by atoms with Crippen molar-refractivity contribution in [1.29, 1.82) is 0 Å². The quantitative estimate of drug-likeness (QED) is 0.481. The molecule has 0 fully saturated rings. The lowest BCUT2D eigenvalue weighted by Gasteiger charge is -1.99. The van der Waals surface area contributed by atoms with Crippen molar-refractivity contribution in [2.45, 2.75) is 0 Å². The first kappa shape index (κ1) is 16.0. The number of nitrogens with two attached hydrogens (primary N) is 1. The molecule has 0 saturated heterocycles. The maximum absolute atomic E-state index is 8.63. The van der Waals surface area contributed by atoms with E-state index in [-0.39, 0.29) is 11.3 Å². The average molecular weight is 247 g/mol. The fourth-order valence-corrected chi connectivity index (χ4v) is 0.763. The van der Waals surface area contributed by atoms with Crippen LogP contribution in [0.25, 0.3) is 0 Å². The lowest BCUT2D eigenvalue weighted by Crippen LogP contribution is -2.05. The van der Waals surface area contributed by atoms with Crippen LogP contribution in [0, 0.1) is 0 Å². The maximum Gasteiger partial charge on any atom is 0.258 e. The molecule has 0 aliphatic heterocycles. The molecule has 0 aliphatic carbocycles. The van der Waals surface area contributed by atoms with E-state index in [1.807, 2.05) is 30.3 Å². The fraction of sp³-hybridized carbons (Fsp3) is 0. The molecule has 0 bridgehead atoms. The van der Waals surface area contributed by atoms with Crippen LogP contribution in [-0.4, -0.2) is 20.6 Å². The van der Waals surface area contributed by atoms with E-state index < -0.39 is 5.17 Å². The third-order valence-corrected chi connectivity index (χ3v) is 1.13. The minimum atomic E-state index is -0.500. The van der Waals surface area contributed by atoms with Gasteiger partial charge in [0.05, 0.1) is 0 Å². The highest BCUT2D eigenvalue weighted by Gasteiger charge is 1.89. The van der Waals surface area contributed by atoms with Crippen LogP contribution < -0.4 is 17.2 Å². The zero-order chi connectivity index (χ0) is 11.0. The first-order chi connectivity index (χ1) is 6.52. The fourth-order valence-electron chi connectivity index (χ4n) is 0.645. The van der Waals surface area contributed by atoms with Crippen molar-refractivity contribution in [1.82, 2.24) is 6.15 Å². The third-order valence-electron chi connectivity index (χ3n) is 1.03. The molecule has 0 aromatic heterocycles. The highest BCUT2D eigenvalue weighted by Crippen LogP contribution is 2.03. The third kappa shape index (κ3) is 12.6. The van der Waals surface area contributed by atoms with Gasteiger partial charge in [-0.1, -0.05) is 18.2 Å². The average Bonchev–Trinajstić information content (AvgIpc) is 2.03. The minimum Gasteiger partial charge on any atom is -0.487 e. The summed E-state index contributed by atoms with van der Waals surface area (Å²) in [7, 11) is 0. The highest BCUT2D eigenvalue weighted by molar-refractivity contribution is 7.80. The number of para-hydroxylation sites is 1. The second-order valence-corrected chi connectivity index (χ2v) is 2.94. The monoisotopic (exact) mass is 247 g/mol. The molecule has 1 rings (SSSR count). The summed E-state index contributed by atoms with van der Waals surface area (Å²) in [5.74, 6) is 0. The van der Waals surface area contributed by atoms with Crippen molar-refractivity contribution in [3.63, 3.8) is 0 Å². The standard InChI is InChI=1S/C7H7NOS.CH3NOS.H3N/c9-7(10)8-6-4-2-1-3-5-6;2-1(3)4;/h1-5H,(H2,8,9,10);(H3,2,3,4);1H3. The summed E-state index contributed by atoms with van der Waals surface area (Å²) in [6.07, 6.45) is 0. The van der Waals surface area contributed by atoms with E-state index in [4.69, 9.17) is 10.2 Å². The largest absolute Gasteiger partial charge is 0.487 e. The van der Waals surface area contributed by atoms with Crippen LogP contribution in [0.15, 0.2) is 30.3 Å². The molecule has 0 spiro atoms. The predicted molar refractivity (Wildman–Crippen MR) is 69.7 cm³/mol. The number of hydrogen-bond acceptors (Lipinski definition) is 3. The van der Waals surface area contributed by atoms with Gasteiger partial charge in [-0.2, -0.15) is 0 Å². The van der Waals surface area contributed by atoms with Crippen LogP contribution in [0.2, 0.25) is 0 Å². The summed E-state index contributed by atoms with van der Waals surface area (Å²) >= 11 is 8.29. The molecule has 0 atom stereocenters. The van der Waals surface area contributed by atoms with Gasteiger partial charge < -0.3 is 27.4 Å². The Hall–Kier alpha value is -1.44. The summed E-state index contributed by atoms with van der Waals surface area (Å²) in [4.78, 5) is 0. The first-order valence-corrected chi connectivity index (χ1v) is 4.37. The van der Waals surface area contributed by atoms with E-state index in [0.717, 1.165) is 5.69 Å². The molecular formula is C8H13N3O2S2. The van der Waals surface area contributed by atoms with Crippen molar-refractivity contribution in [2.24, 2.45) is 5.73 Å². The molecular weight excluding hydrogens is 234 g/mol. The van der Waals surface area contributed by atoms with Crippen LogP contribution >= 0.6 is 24.4 Å². The van der Waals surface area contributed by atoms with Gasteiger partial charge in [-0.25, -0.2) is 0 Å². The Bertz CT molecular complexity index is 302. The molecule has 0 amide bonds. The molecule has 5 nitrogen and oxygen atoms in total. The molecule has 84 valence electrons. The van der Waals surface area contributed by atoms with Gasteiger partial charge in [-0.15, -0.1) is 0 Å². The summed E-state index contributed by atoms with van der Waals surface area (Å²) in [6.45, 7) is 0. The van der Waals surface area contributed by atoms with Gasteiger partial charge in [-0.3, -0.25) is 0 Å². The molecule has 1 aromatic carbocycles. The summed E-state index contributed by atoms with van der Waals surface area (Å²) < 4.78 is 0. The highest BCUT2D eigenvalue weighted by atomic mass is 32.1. The zero-order valence-corrected chi connectivity index (χ0v) is 9.52. The van der Waals surface area contributed by atoms with Crippen molar-refractivity contribution >= 4 is 40.5 Å². The van der Waals surface area contributed by atoms with E-state index in [1.54, 1.807) is 0 Å². The van der Waals surface area contributed by atoms with Crippen LogP contribution in [0.3, 0.4) is 0 Å². The Morgan fingerprint density at radius 3 is 1.87 bits per heavy atom. The first-order valence-electron chi connectivity index (χ1n) is 3.55. The number of aliphatic hydroxyl groups excluding tert-OH is 2. The number of anilines is 1. The second-order valence-electron chi connectivity index (χ2n) is 2.13. The van der Waals surface area contributed by atoms with E-state index >= 15 is 0 Å². The molecule has 0 aliphatic rings. The number of rotatable bonds is 1. The van der Waals surface area contributed by atoms with Gasteiger partial charge in [0.15, 0.2) is 0 Å². The number of nitrogens with one attached hydrogen (secondary N) is 1. The van der Waals surface area contributed by atoms with Gasteiger partial charge in [0.1, 0.15) is 0 Å². The minimum absolute atomic E-state index is 0. The van der Waals surface area contributed by atoms with Gasteiger partial charge in [0.2, 0.25) is 0 Å². The van der Waals surface area contributed by atoms with Crippen molar-refractivity contribution in [2.75, 3.05) is 5.32 Å². The molecule has 0 unspecified atom stereocenters. The van der Waals surface area contributed by atoms with Gasteiger partial charge in [-0.05, 0) is 36.6 Å². The summed E-state index contributed by atoms with van der Waals surface area (Å²) in [5.41, 5.74) is 5.20. The van der Waals surface area contributed by atoms with E-state index in [1.165, 1.54) is 0 Å². The normalized spacial score (nSPS) is 7.47. The zero-order valence-electron chi connectivity index (χ0n) is 7.88. The predicted octanol–water partition coefficient (Wildman–Crippen LogP) is 1.89. The Kier molecular flexibility index (Phi) is 9.74. The number of benzene rings is 1. The van der Waals surface area contributed by atoms with Crippen LogP contribution in [-0.2, 0) is 0 Å². The Morgan fingerprint density at radius 1 is 1.13 bits per heavy atom. The molecule has 8 N–H and O–H groups in total. The number of hydrogen-bond donors (Lipinski definition) is 5. The molecule has 7 heteroatoms. The Balaban J connectivity index is 0. The topological polar surface area (TPSA) is 114 Å². The van der Waals surface area contributed by atoms with Crippen molar-refractivity contribution in [3.05, 3.63) is 30.3 Å². The van der Waals surface area contributed by atoms with Gasteiger partial charge >= 0.3 is 0 Å². The van der Waals surface area contributed by atoms with Crippen molar-refractivity contribution in [3.8, 4) is 0 Å². The lowest BCUT2D eigenvalue weighted by atomic mass is 10.3. The Labute approximate surface area is 98.5 Å². The van der Waals surface area contributed by atoms with Crippen LogP contribution in [0.5, 0.6) is 0 Å². The molecule has 15 heavy (non-hydrogen) atoms. The Morgan fingerprint density at radius 2 is 1.53 bits per heavy atom. The SMILES string of the molecule is N.NC(O)=S.OC(=S)Nc1ccccc1. The van der Waals surface area contributed by atoms with E-state index in [0.29, 0.717) is 0 Å².